The van der Waals surface area contributed by atoms with E-state index in [-0.39, 0.29) is 5.75 Å². The Kier molecular flexibility index (Phi) is 5.29. The van der Waals surface area contributed by atoms with Gasteiger partial charge < -0.3 is 5.11 Å². The molecule has 8 aromatic rings. The van der Waals surface area contributed by atoms with Gasteiger partial charge >= 0.3 is 0 Å². The monoisotopic (exact) mass is 524 g/mol. The average Bonchev–Trinajstić information content (AvgIpc) is 3.04. The van der Waals surface area contributed by atoms with Gasteiger partial charge in [0.1, 0.15) is 5.75 Å². The molecule has 3 nitrogen and oxygen atoms in total. The van der Waals surface area contributed by atoms with Crippen LogP contribution in [-0.2, 0) is 0 Å². The second-order valence-electron chi connectivity index (χ2n) is 10.4. The number of aromatic nitrogens is 2. The summed E-state index contributed by atoms with van der Waals surface area (Å²) in [5, 5.41) is 18.6. The van der Waals surface area contributed by atoms with Crippen LogP contribution in [0.5, 0.6) is 5.75 Å². The summed E-state index contributed by atoms with van der Waals surface area (Å²) >= 11 is 0. The molecule has 0 aliphatic carbocycles. The van der Waals surface area contributed by atoms with Crippen LogP contribution in [-0.4, -0.2) is 15.1 Å². The summed E-state index contributed by atoms with van der Waals surface area (Å²) in [5.74, 6) is 0.220. The number of fused-ring (bicyclic) bond motifs is 5. The molecule has 0 aliphatic rings. The molecule has 41 heavy (non-hydrogen) atoms. The normalized spacial score (nSPS) is 11.5. The lowest BCUT2D eigenvalue weighted by atomic mass is 9.85. The number of hydrogen-bond donors (Lipinski definition) is 1. The third kappa shape index (κ3) is 3.75. The van der Waals surface area contributed by atoms with E-state index in [1.165, 1.54) is 0 Å². The zero-order valence-electron chi connectivity index (χ0n) is 22.1. The first-order valence-corrected chi connectivity index (χ1v) is 13.7. The Bertz CT molecular complexity index is 2270. The van der Waals surface area contributed by atoms with Gasteiger partial charge in [-0.25, -0.2) is 4.98 Å². The molecule has 0 radical (unpaired) electrons. The minimum Gasteiger partial charge on any atom is -0.507 e. The molecule has 0 bridgehead atoms. The Balaban J connectivity index is 1.49. The Morgan fingerprint density at radius 2 is 1.10 bits per heavy atom. The van der Waals surface area contributed by atoms with Crippen molar-refractivity contribution in [2.75, 3.05) is 0 Å². The first-order valence-electron chi connectivity index (χ1n) is 13.7. The molecule has 0 saturated heterocycles. The van der Waals surface area contributed by atoms with Crippen LogP contribution in [0.2, 0.25) is 0 Å². The molecule has 8 rings (SSSR count). The van der Waals surface area contributed by atoms with E-state index in [4.69, 9.17) is 4.98 Å². The third-order valence-electron chi connectivity index (χ3n) is 7.99. The van der Waals surface area contributed by atoms with E-state index < -0.39 is 0 Å². The second kappa shape index (κ2) is 9.29. The van der Waals surface area contributed by atoms with E-state index in [0.717, 1.165) is 65.6 Å². The van der Waals surface area contributed by atoms with E-state index in [1.807, 2.05) is 42.5 Å². The highest BCUT2D eigenvalue weighted by atomic mass is 16.3. The number of hydrogen-bond acceptors (Lipinski definition) is 3. The summed E-state index contributed by atoms with van der Waals surface area (Å²) in [4.78, 5) is 9.73. The van der Waals surface area contributed by atoms with Gasteiger partial charge in [0.15, 0.2) is 0 Å². The van der Waals surface area contributed by atoms with Gasteiger partial charge in [0.25, 0.3) is 0 Å². The van der Waals surface area contributed by atoms with E-state index in [0.29, 0.717) is 11.3 Å². The third-order valence-corrected chi connectivity index (χ3v) is 7.99. The number of aromatic hydroxyl groups is 1. The maximum atomic E-state index is 12.3. The van der Waals surface area contributed by atoms with E-state index in [2.05, 4.69) is 96.0 Å². The van der Waals surface area contributed by atoms with Gasteiger partial charge in [-0.05, 0) is 50.9 Å². The summed E-state index contributed by atoms with van der Waals surface area (Å²) in [6.07, 6.45) is 1.80. The smallest absolute Gasteiger partial charge is 0.133 e. The Hall–Kier alpha value is -5.54. The average molecular weight is 525 g/mol. The fourth-order valence-electron chi connectivity index (χ4n) is 6.06. The van der Waals surface area contributed by atoms with Crippen LogP contribution < -0.4 is 0 Å². The molecule has 6 aromatic carbocycles. The lowest BCUT2D eigenvalue weighted by Crippen LogP contribution is -1.94. The Morgan fingerprint density at radius 3 is 1.93 bits per heavy atom. The Morgan fingerprint density at radius 1 is 0.463 bits per heavy atom. The maximum absolute atomic E-state index is 12.3. The van der Waals surface area contributed by atoms with Crippen LogP contribution in [0.25, 0.3) is 76.9 Å². The van der Waals surface area contributed by atoms with Crippen molar-refractivity contribution in [1.82, 2.24) is 9.97 Å². The molecule has 0 fully saturated rings. The van der Waals surface area contributed by atoms with Crippen LogP contribution in [0.15, 0.2) is 140 Å². The van der Waals surface area contributed by atoms with Crippen molar-refractivity contribution in [3.8, 4) is 39.3 Å². The zero-order valence-corrected chi connectivity index (χ0v) is 22.1. The fourth-order valence-corrected chi connectivity index (χ4v) is 6.06. The number of pyridine rings is 2. The highest BCUT2D eigenvalue weighted by molar-refractivity contribution is 6.14. The number of benzene rings is 6. The van der Waals surface area contributed by atoms with Crippen LogP contribution in [0.3, 0.4) is 0 Å². The molecule has 2 heterocycles. The van der Waals surface area contributed by atoms with E-state index >= 15 is 0 Å². The number of nitrogens with zero attached hydrogens (tertiary/aromatic N) is 2. The molecule has 3 heteroatoms. The molecular weight excluding hydrogens is 500 g/mol. The van der Waals surface area contributed by atoms with Crippen molar-refractivity contribution in [1.29, 1.82) is 0 Å². The standard InChI is InChI=1S/C38H24N2O/c41-38-32(33-21-19-27-17-16-26-13-8-22-39-36(26)37(27)40-33)23-28-12-5-7-15-30(28)35(38)34-29-14-6-4-11-25(29)18-20-31(34)24-9-2-1-3-10-24/h1-23,41H. The summed E-state index contributed by atoms with van der Waals surface area (Å²) in [7, 11) is 0. The van der Waals surface area contributed by atoms with E-state index in [1.54, 1.807) is 6.20 Å². The molecule has 1 N–H and O–H groups in total. The number of rotatable bonds is 3. The number of phenolic OH excluding ortho intramolecular Hbond substituents is 1. The van der Waals surface area contributed by atoms with Crippen molar-refractivity contribution in [3.63, 3.8) is 0 Å². The van der Waals surface area contributed by atoms with Gasteiger partial charge in [-0.1, -0.05) is 115 Å². The highest BCUT2D eigenvalue weighted by Gasteiger charge is 2.22. The quantitative estimate of drug-likeness (QED) is 0.234. The molecule has 0 aliphatic heterocycles. The van der Waals surface area contributed by atoms with Gasteiger partial charge in [0.2, 0.25) is 0 Å². The summed E-state index contributed by atoms with van der Waals surface area (Å²) in [5.41, 5.74) is 7.08. The molecule has 0 atom stereocenters. The molecule has 0 unspecified atom stereocenters. The number of phenols is 1. The first-order chi connectivity index (χ1) is 20.3. The molecule has 0 saturated carbocycles. The SMILES string of the molecule is Oc1c(-c2ccc3ccc4cccnc4c3n2)cc2ccccc2c1-c1c(-c2ccccc2)ccc2ccccc12. The van der Waals surface area contributed by atoms with Gasteiger partial charge in [0, 0.05) is 33.7 Å². The highest BCUT2D eigenvalue weighted by Crippen LogP contribution is 2.48. The van der Waals surface area contributed by atoms with Crippen LogP contribution in [0, 0.1) is 0 Å². The van der Waals surface area contributed by atoms with Gasteiger partial charge in [-0.2, -0.15) is 0 Å². The van der Waals surface area contributed by atoms with E-state index in [9.17, 15) is 5.11 Å². The topological polar surface area (TPSA) is 46.0 Å². The van der Waals surface area contributed by atoms with Crippen molar-refractivity contribution >= 4 is 43.4 Å². The maximum Gasteiger partial charge on any atom is 0.133 e. The second-order valence-corrected chi connectivity index (χ2v) is 10.4. The van der Waals surface area contributed by atoms with Crippen molar-refractivity contribution in [2.45, 2.75) is 0 Å². The van der Waals surface area contributed by atoms with Crippen LogP contribution >= 0.6 is 0 Å². The predicted octanol–water partition coefficient (Wildman–Crippen LogP) is 9.80. The van der Waals surface area contributed by atoms with Gasteiger partial charge in [-0.15, -0.1) is 0 Å². The molecular formula is C38H24N2O. The lowest BCUT2D eigenvalue weighted by Gasteiger charge is -2.19. The van der Waals surface area contributed by atoms with Gasteiger partial charge in [0.05, 0.1) is 16.7 Å². The molecule has 192 valence electrons. The molecule has 2 aromatic heterocycles. The predicted molar refractivity (Wildman–Crippen MR) is 170 cm³/mol. The van der Waals surface area contributed by atoms with Crippen molar-refractivity contribution in [2.24, 2.45) is 0 Å². The van der Waals surface area contributed by atoms with Crippen molar-refractivity contribution < 1.29 is 5.11 Å². The Labute approximate surface area is 237 Å². The zero-order chi connectivity index (χ0) is 27.3. The first kappa shape index (κ1) is 23.4. The lowest BCUT2D eigenvalue weighted by molar-refractivity contribution is 0.480. The molecule has 0 spiro atoms. The summed E-state index contributed by atoms with van der Waals surface area (Å²) in [6.45, 7) is 0. The largest absolute Gasteiger partial charge is 0.507 e. The van der Waals surface area contributed by atoms with Crippen LogP contribution in [0.4, 0.5) is 0 Å². The fraction of sp³-hybridized carbons (Fsp3) is 0. The molecule has 0 amide bonds. The van der Waals surface area contributed by atoms with Crippen molar-refractivity contribution in [3.05, 3.63) is 140 Å². The minimum absolute atomic E-state index is 0.220. The minimum atomic E-state index is 0.220. The van der Waals surface area contributed by atoms with Gasteiger partial charge in [-0.3, -0.25) is 4.98 Å². The summed E-state index contributed by atoms with van der Waals surface area (Å²) in [6, 6.07) is 45.6. The summed E-state index contributed by atoms with van der Waals surface area (Å²) < 4.78 is 0. The van der Waals surface area contributed by atoms with Crippen LogP contribution in [0.1, 0.15) is 0 Å².